The third-order valence-corrected chi connectivity index (χ3v) is 5.41. The van der Waals surface area contributed by atoms with E-state index in [2.05, 4.69) is 16.4 Å². The molecule has 1 amide bonds. The van der Waals surface area contributed by atoms with Crippen molar-refractivity contribution in [1.82, 2.24) is 10.3 Å². The van der Waals surface area contributed by atoms with Gasteiger partial charge in [0.15, 0.2) is 0 Å². The summed E-state index contributed by atoms with van der Waals surface area (Å²) in [7, 11) is 0. The second kappa shape index (κ2) is 7.72. The Bertz CT molecular complexity index is 744. The van der Waals surface area contributed by atoms with E-state index < -0.39 is 11.4 Å². The van der Waals surface area contributed by atoms with Crippen LogP contribution in [0.2, 0.25) is 0 Å². The van der Waals surface area contributed by atoms with Crippen molar-refractivity contribution in [3.8, 4) is 0 Å². The molecule has 1 heterocycles. The topological polar surface area (TPSA) is 82.2 Å². The van der Waals surface area contributed by atoms with Crippen LogP contribution in [-0.4, -0.2) is 28.5 Å². The summed E-state index contributed by atoms with van der Waals surface area (Å²) in [6, 6.07) is 8.14. The number of rotatable bonds is 7. The molecule has 2 aromatic rings. The van der Waals surface area contributed by atoms with Gasteiger partial charge in [0.1, 0.15) is 0 Å². The lowest BCUT2D eigenvalue weighted by molar-refractivity contribution is -0.151. The summed E-state index contributed by atoms with van der Waals surface area (Å²) in [4.78, 5) is 27.0. The fraction of sp³-hybridized carbons (Fsp3) is 0.500. The molecule has 1 fully saturated rings. The first kappa shape index (κ1) is 17.5. The van der Waals surface area contributed by atoms with Gasteiger partial charge in [-0.05, 0) is 37.3 Å². The molecule has 0 atom stereocenters. The van der Waals surface area contributed by atoms with Crippen molar-refractivity contribution in [2.24, 2.45) is 5.41 Å². The number of aromatic amines is 1. The number of aryl methyl sites for hydroxylation is 1. The standard InChI is InChI=1S/C20H26N2O3/c23-18(22-14-20(19(24)25)11-4-1-5-12-20)10-6-7-15-13-21-17-9-3-2-8-16(15)17/h2-3,8-9,13,21H,1,4-7,10-12,14H2,(H,22,23)(H,24,25). The maximum atomic E-state index is 12.1. The third-order valence-electron chi connectivity index (χ3n) is 5.41. The molecule has 134 valence electrons. The normalized spacial score (nSPS) is 16.6. The molecule has 1 aliphatic carbocycles. The Morgan fingerprint density at radius 3 is 2.68 bits per heavy atom. The number of H-pyrrole nitrogens is 1. The zero-order valence-corrected chi connectivity index (χ0v) is 14.5. The number of aliphatic carboxylic acids is 1. The number of amides is 1. The van der Waals surface area contributed by atoms with Crippen LogP contribution >= 0.6 is 0 Å². The highest BCUT2D eigenvalue weighted by Crippen LogP contribution is 2.36. The van der Waals surface area contributed by atoms with Crippen molar-refractivity contribution < 1.29 is 14.7 Å². The van der Waals surface area contributed by atoms with E-state index in [1.807, 2.05) is 24.4 Å². The zero-order chi connectivity index (χ0) is 17.7. The third kappa shape index (κ3) is 4.03. The molecule has 3 rings (SSSR count). The number of fused-ring (bicyclic) bond motifs is 1. The van der Waals surface area contributed by atoms with Gasteiger partial charge in [0, 0.05) is 30.1 Å². The van der Waals surface area contributed by atoms with E-state index >= 15 is 0 Å². The lowest BCUT2D eigenvalue weighted by Crippen LogP contribution is -2.44. The fourth-order valence-corrected chi connectivity index (χ4v) is 3.83. The molecule has 25 heavy (non-hydrogen) atoms. The molecule has 1 aliphatic rings. The number of carbonyl (C=O) groups excluding carboxylic acids is 1. The van der Waals surface area contributed by atoms with Crippen LogP contribution in [0.5, 0.6) is 0 Å². The second-order valence-electron chi connectivity index (χ2n) is 7.14. The number of hydrogen-bond acceptors (Lipinski definition) is 2. The van der Waals surface area contributed by atoms with Gasteiger partial charge in [0.05, 0.1) is 5.41 Å². The molecule has 5 heteroatoms. The number of hydrogen-bond donors (Lipinski definition) is 3. The minimum Gasteiger partial charge on any atom is -0.481 e. The van der Waals surface area contributed by atoms with E-state index in [0.717, 1.165) is 37.6 Å². The average Bonchev–Trinajstić information content (AvgIpc) is 3.04. The zero-order valence-electron chi connectivity index (χ0n) is 14.5. The van der Waals surface area contributed by atoms with Crippen molar-refractivity contribution in [2.75, 3.05) is 6.54 Å². The minimum absolute atomic E-state index is 0.0500. The van der Waals surface area contributed by atoms with Gasteiger partial charge in [0.2, 0.25) is 5.91 Å². The highest BCUT2D eigenvalue weighted by atomic mass is 16.4. The van der Waals surface area contributed by atoms with Crippen molar-refractivity contribution in [3.63, 3.8) is 0 Å². The Morgan fingerprint density at radius 1 is 1.16 bits per heavy atom. The van der Waals surface area contributed by atoms with Gasteiger partial charge in [0.25, 0.3) is 0 Å². The highest BCUT2D eigenvalue weighted by molar-refractivity contribution is 5.83. The van der Waals surface area contributed by atoms with Crippen LogP contribution in [0.1, 0.15) is 50.5 Å². The van der Waals surface area contributed by atoms with Gasteiger partial charge in [-0.25, -0.2) is 0 Å². The second-order valence-corrected chi connectivity index (χ2v) is 7.14. The largest absolute Gasteiger partial charge is 0.481 e. The number of para-hydroxylation sites is 1. The lowest BCUT2D eigenvalue weighted by atomic mass is 9.74. The number of carboxylic acid groups (broad SMARTS) is 1. The Balaban J connectivity index is 1.47. The monoisotopic (exact) mass is 342 g/mol. The summed E-state index contributed by atoms with van der Waals surface area (Å²) >= 11 is 0. The van der Waals surface area contributed by atoms with Crippen molar-refractivity contribution in [2.45, 2.75) is 51.4 Å². The molecule has 0 radical (unpaired) electrons. The molecule has 0 saturated heterocycles. The predicted octanol–water partition coefficient (Wildman–Crippen LogP) is 3.64. The molecule has 1 saturated carbocycles. The highest BCUT2D eigenvalue weighted by Gasteiger charge is 2.39. The first-order valence-corrected chi connectivity index (χ1v) is 9.16. The van der Waals surface area contributed by atoms with Gasteiger partial charge in [-0.1, -0.05) is 37.5 Å². The smallest absolute Gasteiger partial charge is 0.311 e. The molecule has 0 unspecified atom stereocenters. The minimum atomic E-state index is -0.772. The predicted molar refractivity (Wildman–Crippen MR) is 97.4 cm³/mol. The summed E-state index contributed by atoms with van der Waals surface area (Å²) < 4.78 is 0. The van der Waals surface area contributed by atoms with E-state index in [0.29, 0.717) is 19.3 Å². The van der Waals surface area contributed by atoms with Gasteiger partial charge in [-0.2, -0.15) is 0 Å². The fourth-order valence-electron chi connectivity index (χ4n) is 3.83. The summed E-state index contributed by atoms with van der Waals surface area (Å²) in [6.45, 7) is 0.258. The van der Waals surface area contributed by atoms with Crippen LogP contribution in [0.25, 0.3) is 10.9 Å². The molecule has 0 spiro atoms. The summed E-state index contributed by atoms with van der Waals surface area (Å²) in [6.07, 6.45) is 8.31. The van der Waals surface area contributed by atoms with Gasteiger partial charge in [-0.15, -0.1) is 0 Å². The number of carboxylic acids is 1. The molecule has 0 aliphatic heterocycles. The Kier molecular flexibility index (Phi) is 5.41. The van der Waals surface area contributed by atoms with Crippen LogP contribution in [-0.2, 0) is 16.0 Å². The van der Waals surface area contributed by atoms with Crippen molar-refractivity contribution in [3.05, 3.63) is 36.0 Å². The molecule has 1 aromatic carbocycles. The van der Waals surface area contributed by atoms with E-state index in [1.54, 1.807) is 0 Å². The van der Waals surface area contributed by atoms with E-state index in [-0.39, 0.29) is 12.5 Å². The summed E-state index contributed by atoms with van der Waals surface area (Å²) in [5.74, 6) is -0.822. The molecular formula is C20H26N2O3. The average molecular weight is 342 g/mol. The maximum Gasteiger partial charge on any atom is 0.311 e. The van der Waals surface area contributed by atoms with Gasteiger partial charge >= 0.3 is 5.97 Å². The number of nitrogens with one attached hydrogen (secondary N) is 2. The molecule has 5 nitrogen and oxygen atoms in total. The van der Waals surface area contributed by atoms with Crippen LogP contribution < -0.4 is 5.32 Å². The summed E-state index contributed by atoms with van der Waals surface area (Å²) in [5, 5.41) is 13.6. The Labute approximate surface area is 147 Å². The van der Waals surface area contributed by atoms with Crippen LogP contribution in [0, 0.1) is 5.41 Å². The SMILES string of the molecule is O=C(CCCc1c[nH]c2ccccc12)NCC1(C(=O)O)CCCCC1. The van der Waals surface area contributed by atoms with Gasteiger partial charge in [-0.3, -0.25) is 9.59 Å². The van der Waals surface area contributed by atoms with Crippen LogP contribution in [0.15, 0.2) is 30.5 Å². The number of aromatic nitrogens is 1. The lowest BCUT2D eigenvalue weighted by Gasteiger charge is -2.33. The van der Waals surface area contributed by atoms with Gasteiger partial charge < -0.3 is 15.4 Å². The van der Waals surface area contributed by atoms with E-state index in [4.69, 9.17) is 0 Å². The molecular weight excluding hydrogens is 316 g/mol. The summed E-state index contributed by atoms with van der Waals surface area (Å²) in [5.41, 5.74) is 1.57. The quantitative estimate of drug-likeness (QED) is 0.718. The van der Waals surface area contributed by atoms with E-state index in [9.17, 15) is 14.7 Å². The Morgan fingerprint density at radius 2 is 1.92 bits per heavy atom. The maximum absolute atomic E-state index is 12.1. The molecule has 3 N–H and O–H groups in total. The first-order chi connectivity index (χ1) is 12.1. The van der Waals surface area contributed by atoms with E-state index in [1.165, 1.54) is 10.9 Å². The molecule has 0 bridgehead atoms. The van der Waals surface area contributed by atoms with Crippen LogP contribution in [0.3, 0.4) is 0 Å². The number of carbonyl (C=O) groups is 2. The molecule has 1 aromatic heterocycles. The first-order valence-electron chi connectivity index (χ1n) is 9.16. The number of benzene rings is 1. The van der Waals surface area contributed by atoms with Crippen molar-refractivity contribution in [1.29, 1.82) is 0 Å². The van der Waals surface area contributed by atoms with Crippen molar-refractivity contribution >= 4 is 22.8 Å². The Hall–Kier alpha value is -2.30. The van der Waals surface area contributed by atoms with Crippen LogP contribution in [0.4, 0.5) is 0 Å².